The van der Waals surface area contributed by atoms with Crippen molar-refractivity contribution >= 4 is 33.7 Å². The lowest BCUT2D eigenvalue weighted by molar-refractivity contribution is -0.141. The fraction of sp³-hybridized carbons (Fsp3) is 0.526. The molecule has 0 N–H and O–H groups in total. The first-order valence-corrected chi connectivity index (χ1v) is 9.77. The predicted octanol–water partition coefficient (Wildman–Crippen LogP) is 2.38. The molecule has 0 aromatic heterocycles. The summed E-state index contributed by atoms with van der Waals surface area (Å²) in [5, 5.41) is 0. The van der Waals surface area contributed by atoms with Crippen molar-refractivity contribution in [1.29, 1.82) is 0 Å². The van der Waals surface area contributed by atoms with Crippen molar-refractivity contribution in [3.63, 3.8) is 0 Å². The van der Waals surface area contributed by atoms with Crippen LogP contribution in [0.4, 0.5) is 0 Å². The van der Waals surface area contributed by atoms with Crippen LogP contribution < -0.4 is 0 Å². The Balaban J connectivity index is 2.06. The van der Waals surface area contributed by atoms with Gasteiger partial charge in [0, 0.05) is 36.7 Å². The Morgan fingerprint density at radius 1 is 1.15 bits per heavy atom. The molecule has 1 aliphatic rings. The second-order valence-electron chi connectivity index (χ2n) is 6.42. The molecule has 0 radical (unpaired) electrons. The van der Waals surface area contributed by atoms with Gasteiger partial charge in [0.05, 0.1) is 6.54 Å². The smallest absolute Gasteiger partial charge is 0.254 e. The summed E-state index contributed by atoms with van der Waals surface area (Å²) in [5.41, 5.74) is 0.565. The lowest BCUT2D eigenvalue weighted by Crippen LogP contribution is -2.49. The summed E-state index contributed by atoms with van der Waals surface area (Å²) < 4.78 is 0.901. The van der Waals surface area contributed by atoms with Crippen LogP contribution in [-0.4, -0.2) is 71.7 Å². The molecule has 0 aliphatic carbocycles. The van der Waals surface area contributed by atoms with E-state index < -0.39 is 6.04 Å². The minimum absolute atomic E-state index is 0.0390. The summed E-state index contributed by atoms with van der Waals surface area (Å²) in [4.78, 5) is 42.6. The Morgan fingerprint density at radius 3 is 2.35 bits per heavy atom. The van der Waals surface area contributed by atoms with Crippen LogP contribution in [0.1, 0.15) is 37.0 Å². The number of likely N-dealkylation sites (tertiary alicyclic amines) is 1. The van der Waals surface area contributed by atoms with E-state index in [1.165, 1.54) is 4.90 Å². The van der Waals surface area contributed by atoms with Crippen LogP contribution in [-0.2, 0) is 9.59 Å². The largest absolute Gasteiger partial charge is 0.342 e. The Bertz CT molecular complexity index is 658. The van der Waals surface area contributed by atoms with Crippen molar-refractivity contribution in [3.05, 3.63) is 34.3 Å². The number of benzene rings is 1. The Labute approximate surface area is 163 Å². The summed E-state index contributed by atoms with van der Waals surface area (Å²) in [7, 11) is 1.63. The number of hydrogen-bond donors (Lipinski definition) is 0. The molecule has 7 heteroatoms. The third-order valence-electron chi connectivity index (χ3n) is 4.75. The van der Waals surface area contributed by atoms with E-state index in [4.69, 9.17) is 0 Å². The van der Waals surface area contributed by atoms with Gasteiger partial charge in [-0.2, -0.15) is 0 Å². The van der Waals surface area contributed by atoms with Crippen LogP contribution in [0.25, 0.3) is 0 Å². The lowest BCUT2D eigenvalue weighted by Gasteiger charge is -2.29. The third-order valence-corrected chi connectivity index (χ3v) is 5.28. The molecule has 1 aromatic carbocycles. The number of rotatable bonds is 6. The first-order chi connectivity index (χ1) is 12.4. The van der Waals surface area contributed by atoms with Crippen molar-refractivity contribution in [1.82, 2.24) is 14.7 Å². The van der Waals surface area contributed by atoms with Crippen LogP contribution in [0.15, 0.2) is 28.7 Å². The Kier molecular flexibility index (Phi) is 7.20. The van der Waals surface area contributed by atoms with Crippen LogP contribution >= 0.6 is 15.9 Å². The standard InChI is InChI=1S/C19H26BrN3O3/c1-4-22(5-2)17(24)13-21(3)19(26)16-7-6-12-23(16)18(25)14-8-10-15(20)11-9-14/h8-11,16H,4-7,12-13H2,1-3H3. The number of nitrogens with zero attached hydrogens (tertiary/aromatic N) is 3. The third kappa shape index (κ3) is 4.63. The van der Waals surface area contributed by atoms with Crippen molar-refractivity contribution in [3.8, 4) is 0 Å². The SMILES string of the molecule is CCN(CC)C(=O)CN(C)C(=O)C1CCCN1C(=O)c1ccc(Br)cc1. The highest BCUT2D eigenvalue weighted by Gasteiger charge is 2.36. The highest BCUT2D eigenvalue weighted by Crippen LogP contribution is 2.22. The van der Waals surface area contributed by atoms with Gasteiger partial charge in [0.1, 0.15) is 6.04 Å². The molecule has 142 valence electrons. The highest BCUT2D eigenvalue weighted by molar-refractivity contribution is 9.10. The van der Waals surface area contributed by atoms with E-state index in [9.17, 15) is 14.4 Å². The average molecular weight is 424 g/mol. The molecular weight excluding hydrogens is 398 g/mol. The molecule has 1 aromatic rings. The molecule has 1 saturated heterocycles. The van der Waals surface area contributed by atoms with Crippen molar-refractivity contribution in [2.45, 2.75) is 32.7 Å². The summed E-state index contributed by atoms with van der Waals surface area (Å²) in [5.74, 6) is -0.389. The van der Waals surface area contributed by atoms with Crippen molar-refractivity contribution in [2.24, 2.45) is 0 Å². The number of carbonyl (C=O) groups is 3. The highest BCUT2D eigenvalue weighted by atomic mass is 79.9. The predicted molar refractivity (Wildman–Crippen MR) is 104 cm³/mol. The summed E-state index contributed by atoms with van der Waals surface area (Å²) in [6.45, 7) is 5.67. The van der Waals surface area contributed by atoms with Crippen molar-refractivity contribution in [2.75, 3.05) is 33.2 Å². The molecule has 1 fully saturated rings. The summed E-state index contributed by atoms with van der Waals surface area (Å²) >= 11 is 3.36. The second kappa shape index (κ2) is 9.16. The maximum absolute atomic E-state index is 12.8. The van der Waals surface area contributed by atoms with Crippen LogP contribution in [0, 0.1) is 0 Å². The van der Waals surface area contributed by atoms with E-state index in [1.54, 1.807) is 29.0 Å². The van der Waals surface area contributed by atoms with E-state index in [0.29, 0.717) is 31.6 Å². The maximum atomic E-state index is 12.8. The van der Waals surface area contributed by atoms with Gasteiger partial charge >= 0.3 is 0 Å². The van der Waals surface area contributed by atoms with Gasteiger partial charge in [-0.15, -0.1) is 0 Å². The second-order valence-corrected chi connectivity index (χ2v) is 7.34. The van der Waals surface area contributed by atoms with Gasteiger partial charge in [-0.25, -0.2) is 0 Å². The minimum Gasteiger partial charge on any atom is -0.342 e. The lowest BCUT2D eigenvalue weighted by atomic mass is 10.1. The van der Waals surface area contributed by atoms with E-state index in [2.05, 4.69) is 15.9 Å². The monoisotopic (exact) mass is 423 g/mol. The van der Waals surface area contributed by atoms with Crippen LogP contribution in [0.5, 0.6) is 0 Å². The van der Waals surface area contributed by atoms with Crippen LogP contribution in [0.3, 0.4) is 0 Å². The van der Waals surface area contributed by atoms with E-state index in [1.807, 2.05) is 26.0 Å². The van der Waals surface area contributed by atoms with E-state index in [-0.39, 0.29) is 24.3 Å². The normalized spacial score (nSPS) is 16.5. The van der Waals surface area contributed by atoms with Crippen molar-refractivity contribution < 1.29 is 14.4 Å². The fourth-order valence-electron chi connectivity index (χ4n) is 3.24. The topological polar surface area (TPSA) is 60.9 Å². The molecule has 26 heavy (non-hydrogen) atoms. The summed E-state index contributed by atoms with van der Waals surface area (Å²) in [6, 6.07) is 6.63. The molecule has 1 unspecified atom stereocenters. The molecule has 0 spiro atoms. The number of carbonyl (C=O) groups excluding carboxylic acids is 3. The maximum Gasteiger partial charge on any atom is 0.254 e. The van der Waals surface area contributed by atoms with Gasteiger partial charge in [-0.1, -0.05) is 15.9 Å². The number of amides is 3. The van der Waals surface area contributed by atoms with Crippen LogP contribution in [0.2, 0.25) is 0 Å². The van der Waals surface area contributed by atoms with Gasteiger partial charge in [-0.3, -0.25) is 14.4 Å². The molecule has 6 nitrogen and oxygen atoms in total. The zero-order valence-corrected chi connectivity index (χ0v) is 17.2. The molecular formula is C19H26BrN3O3. The molecule has 1 heterocycles. The number of halogens is 1. The number of likely N-dealkylation sites (N-methyl/N-ethyl adjacent to an activating group) is 2. The van der Waals surface area contributed by atoms with Gasteiger partial charge in [0.15, 0.2) is 0 Å². The van der Waals surface area contributed by atoms with E-state index in [0.717, 1.165) is 10.9 Å². The molecule has 3 amide bonds. The molecule has 1 atom stereocenters. The molecule has 0 bridgehead atoms. The minimum atomic E-state index is -0.499. The Morgan fingerprint density at radius 2 is 1.77 bits per heavy atom. The fourth-order valence-corrected chi connectivity index (χ4v) is 3.50. The van der Waals surface area contributed by atoms with Gasteiger partial charge < -0.3 is 14.7 Å². The van der Waals surface area contributed by atoms with Gasteiger partial charge in [0.25, 0.3) is 5.91 Å². The molecule has 0 saturated carbocycles. The first kappa shape index (κ1) is 20.4. The zero-order chi connectivity index (χ0) is 19.3. The zero-order valence-electron chi connectivity index (χ0n) is 15.6. The average Bonchev–Trinajstić information content (AvgIpc) is 3.11. The first-order valence-electron chi connectivity index (χ1n) is 8.98. The quantitative estimate of drug-likeness (QED) is 0.705. The number of hydrogen-bond acceptors (Lipinski definition) is 3. The van der Waals surface area contributed by atoms with Gasteiger partial charge in [-0.05, 0) is 51.0 Å². The molecule has 2 rings (SSSR count). The van der Waals surface area contributed by atoms with Gasteiger partial charge in [0.2, 0.25) is 11.8 Å². The Hall–Kier alpha value is -1.89. The van der Waals surface area contributed by atoms with E-state index >= 15 is 0 Å². The molecule has 1 aliphatic heterocycles. The summed E-state index contributed by atoms with van der Waals surface area (Å²) in [6.07, 6.45) is 1.42.